The van der Waals surface area contributed by atoms with Crippen molar-refractivity contribution < 1.29 is 33.8 Å². The molecule has 1 saturated carbocycles. The van der Waals surface area contributed by atoms with E-state index in [1.807, 2.05) is 31.2 Å². The molecule has 4 aliphatic rings. The van der Waals surface area contributed by atoms with Gasteiger partial charge in [0.2, 0.25) is 23.6 Å². The summed E-state index contributed by atoms with van der Waals surface area (Å²) in [6, 6.07) is 17.6. The van der Waals surface area contributed by atoms with Crippen molar-refractivity contribution in [2.75, 3.05) is 24.0 Å². The number of hydrogen-bond acceptors (Lipinski definition) is 9. The van der Waals surface area contributed by atoms with Crippen LogP contribution in [0.15, 0.2) is 78.9 Å². The summed E-state index contributed by atoms with van der Waals surface area (Å²) >= 11 is 7.88. The molecule has 5 aromatic rings. The molecule has 0 radical (unpaired) electrons. The molecule has 9 rings (SSSR count). The van der Waals surface area contributed by atoms with Crippen LogP contribution < -0.4 is 19.3 Å². The minimum Gasteiger partial charge on any atom is -0.507 e. The molecule has 0 spiro atoms. The molecule has 290 valence electrons. The van der Waals surface area contributed by atoms with Crippen LogP contribution in [0.25, 0.3) is 26.7 Å². The van der Waals surface area contributed by atoms with Crippen molar-refractivity contribution in [3.63, 3.8) is 0 Å². The van der Waals surface area contributed by atoms with E-state index in [4.69, 9.17) is 26.2 Å². The molecular formula is C44H39ClN4O7S. The number of phenolic OH excluding ortho intramolecular Hbond substituents is 1. The van der Waals surface area contributed by atoms with E-state index < -0.39 is 46.8 Å². The highest BCUT2D eigenvalue weighted by atomic mass is 35.5. The number of methoxy groups -OCH3 is 2. The number of anilines is 2. The number of fused-ring (bicyclic) bond motifs is 5. The van der Waals surface area contributed by atoms with Gasteiger partial charge in [0.25, 0.3) is 0 Å². The zero-order chi connectivity index (χ0) is 40.2. The van der Waals surface area contributed by atoms with Gasteiger partial charge >= 0.3 is 0 Å². The zero-order valence-electron chi connectivity index (χ0n) is 31.9. The largest absolute Gasteiger partial charge is 0.507 e. The van der Waals surface area contributed by atoms with Crippen molar-refractivity contribution in [2.24, 2.45) is 36.1 Å². The minimum atomic E-state index is -1.44. The lowest BCUT2D eigenvalue weighted by atomic mass is 9.51. The molecule has 0 bridgehead atoms. The van der Waals surface area contributed by atoms with E-state index in [1.54, 1.807) is 72.5 Å². The van der Waals surface area contributed by atoms with Gasteiger partial charge in [-0.15, -0.1) is 11.3 Å². The Bertz CT molecular complexity index is 2630. The number of benzene rings is 3. The fourth-order valence-corrected chi connectivity index (χ4v) is 11.3. The first-order chi connectivity index (χ1) is 27.3. The van der Waals surface area contributed by atoms with Gasteiger partial charge in [0, 0.05) is 46.5 Å². The molecule has 2 saturated heterocycles. The van der Waals surface area contributed by atoms with Crippen LogP contribution in [-0.2, 0) is 26.2 Å². The van der Waals surface area contributed by atoms with Crippen molar-refractivity contribution in [1.29, 1.82) is 0 Å². The summed E-state index contributed by atoms with van der Waals surface area (Å²) in [5.74, 6) is -4.74. The Hall–Kier alpha value is -5.72. The number of nitrogens with zero attached hydrogens (tertiary/aromatic N) is 4. The molecule has 4 amide bonds. The molecule has 13 heteroatoms. The summed E-state index contributed by atoms with van der Waals surface area (Å²) in [6.07, 6.45) is 4.01. The van der Waals surface area contributed by atoms with E-state index in [0.717, 1.165) is 26.1 Å². The van der Waals surface area contributed by atoms with E-state index in [0.29, 0.717) is 39.1 Å². The Morgan fingerprint density at radius 1 is 0.965 bits per heavy atom. The summed E-state index contributed by atoms with van der Waals surface area (Å²) < 4.78 is 13.9. The Kier molecular flexibility index (Phi) is 8.53. The number of imide groups is 2. The maximum absolute atomic E-state index is 15.3. The topological polar surface area (TPSA) is 131 Å². The van der Waals surface area contributed by atoms with Gasteiger partial charge < -0.3 is 14.6 Å². The monoisotopic (exact) mass is 802 g/mol. The van der Waals surface area contributed by atoms with Gasteiger partial charge in [-0.3, -0.25) is 28.8 Å². The second kappa shape index (κ2) is 13.2. The summed E-state index contributed by atoms with van der Waals surface area (Å²) in [5, 5.41) is 18.2. The van der Waals surface area contributed by atoms with E-state index >= 15 is 9.59 Å². The molecule has 3 fully saturated rings. The van der Waals surface area contributed by atoms with Gasteiger partial charge in [-0.1, -0.05) is 48.0 Å². The Morgan fingerprint density at radius 3 is 2.42 bits per heavy atom. The number of thiophene rings is 1. The van der Waals surface area contributed by atoms with Gasteiger partial charge in [-0.05, 0) is 79.5 Å². The van der Waals surface area contributed by atoms with Crippen molar-refractivity contribution in [1.82, 2.24) is 9.78 Å². The lowest BCUT2D eigenvalue weighted by Gasteiger charge is -2.49. The number of amides is 4. The molecular weight excluding hydrogens is 764 g/mol. The number of phenols is 1. The number of carbonyl (C=O) groups excluding carboxylic acids is 4. The number of rotatable bonds is 7. The molecule has 2 aromatic heterocycles. The van der Waals surface area contributed by atoms with E-state index in [9.17, 15) is 14.7 Å². The highest BCUT2D eigenvalue weighted by Crippen LogP contribution is 2.66. The number of aromatic hydroxyl groups is 1. The van der Waals surface area contributed by atoms with Gasteiger partial charge in [0.1, 0.15) is 28.8 Å². The molecule has 4 heterocycles. The predicted octanol–water partition coefficient (Wildman–Crippen LogP) is 8.06. The maximum Gasteiger partial charge on any atom is 0.242 e. The number of ether oxygens (including phenoxy) is 2. The number of hydrogen-bond donors (Lipinski definition) is 1. The third-order valence-electron chi connectivity index (χ3n) is 12.7. The number of halogens is 1. The maximum atomic E-state index is 15.3. The third kappa shape index (κ3) is 5.19. The van der Waals surface area contributed by atoms with Gasteiger partial charge in [-0.2, -0.15) is 5.10 Å². The highest BCUT2D eigenvalue weighted by molar-refractivity contribution is 7.22. The van der Waals surface area contributed by atoms with Gasteiger partial charge in [0.15, 0.2) is 0 Å². The predicted molar refractivity (Wildman–Crippen MR) is 219 cm³/mol. The molecule has 1 N–H and O–H groups in total. The third-order valence-corrected chi connectivity index (χ3v) is 14.2. The SMILES string of the molecule is C=Cc1ccc(N2C(=O)[C@H]3[C@H](CC=C4[C@H]3C[C@H]3C(=O)N(c5cc(-c6sc7ccc(Cl)cc7c6C)nn5C)C(=O)[C@@]3(C)[C@H]4c3c(O)cc(OC)cc3OC)C2=O)cc1. The molecule has 2 aliphatic heterocycles. The highest BCUT2D eigenvalue weighted by Gasteiger charge is 2.68. The van der Waals surface area contributed by atoms with Crippen LogP contribution in [0.1, 0.15) is 42.4 Å². The van der Waals surface area contributed by atoms with Gasteiger partial charge in [-0.25, -0.2) is 4.90 Å². The van der Waals surface area contributed by atoms with Crippen LogP contribution in [0, 0.1) is 36.0 Å². The average Bonchev–Trinajstić information content (AvgIpc) is 3.88. The van der Waals surface area contributed by atoms with Gasteiger partial charge in [0.05, 0.1) is 48.0 Å². The summed E-state index contributed by atoms with van der Waals surface area (Å²) in [4.78, 5) is 62.3. The van der Waals surface area contributed by atoms with Crippen LogP contribution in [0.2, 0.25) is 5.02 Å². The lowest BCUT2D eigenvalue weighted by Crippen LogP contribution is -2.49. The van der Waals surface area contributed by atoms with E-state index in [1.165, 1.54) is 30.1 Å². The Morgan fingerprint density at radius 2 is 1.72 bits per heavy atom. The second-order valence-electron chi connectivity index (χ2n) is 15.4. The molecule has 6 atom stereocenters. The van der Waals surface area contributed by atoms with Crippen LogP contribution in [0.4, 0.5) is 11.5 Å². The molecule has 57 heavy (non-hydrogen) atoms. The number of allylic oxidation sites excluding steroid dienone is 2. The number of carbonyl (C=O) groups is 4. The smallest absolute Gasteiger partial charge is 0.242 e. The molecule has 11 nitrogen and oxygen atoms in total. The summed E-state index contributed by atoms with van der Waals surface area (Å²) in [7, 11) is 4.64. The molecule has 0 unspecified atom stereocenters. The van der Waals surface area contributed by atoms with Crippen molar-refractivity contribution >= 4 is 74.2 Å². The van der Waals surface area contributed by atoms with Crippen LogP contribution in [0.3, 0.4) is 0 Å². The van der Waals surface area contributed by atoms with E-state index in [-0.39, 0.29) is 36.2 Å². The quantitative estimate of drug-likeness (QED) is 0.129. The van der Waals surface area contributed by atoms with Crippen molar-refractivity contribution in [3.05, 3.63) is 101 Å². The second-order valence-corrected chi connectivity index (χ2v) is 16.9. The van der Waals surface area contributed by atoms with Crippen LogP contribution in [-0.4, -0.2) is 52.7 Å². The number of aryl methyl sites for hydroxylation is 2. The Labute approximate surface area is 337 Å². The standard InChI is InChI=1S/C44H39ClN4O7S/c1-7-22-8-11-24(12-9-22)48-40(51)27-14-13-26-29(36(27)42(48)53)19-30-41(52)49(43(54)44(30,3)38(26)37-32(50)17-25(55-5)18-33(37)56-6)35-20-31(46-47(35)4)39-21(2)28-16-23(45)10-15-34(28)57-39/h7-13,15-18,20,27,29-30,36,38,50H,1,14,19H2,2-6H3/t27-,29+,30-,36-,38+,44+/m0/s1. The zero-order valence-corrected chi connectivity index (χ0v) is 33.5. The minimum absolute atomic E-state index is 0.142. The van der Waals surface area contributed by atoms with Crippen molar-refractivity contribution in [3.8, 4) is 27.8 Å². The van der Waals surface area contributed by atoms with Crippen molar-refractivity contribution in [2.45, 2.75) is 32.6 Å². The fourth-order valence-electron chi connectivity index (χ4n) is 9.94. The van der Waals surface area contributed by atoms with Crippen LogP contribution >= 0.6 is 22.9 Å². The normalized spacial score (nSPS) is 25.4. The first-order valence-electron chi connectivity index (χ1n) is 18.7. The Balaban J connectivity index is 1.18. The molecule has 2 aliphatic carbocycles. The molecule has 3 aromatic carbocycles. The summed E-state index contributed by atoms with van der Waals surface area (Å²) in [5.41, 5.74) is 2.47. The lowest BCUT2D eigenvalue weighted by molar-refractivity contribution is -0.131. The average molecular weight is 803 g/mol. The fraction of sp³-hybridized carbons (Fsp3) is 0.295. The van der Waals surface area contributed by atoms with Crippen LogP contribution in [0.5, 0.6) is 17.2 Å². The van der Waals surface area contributed by atoms with E-state index in [2.05, 4.69) is 6.58 Å². The first-order valence-corrected chi connectivity index (χ1v) is 19.9. The first kappa shape index (κ1) is 36.9. The summed E-state index contributed by atoms with van der Waals surface area (Å²) in [6.45, 7) is 7.56. The number of aromatic nitrogens is 2.